The average Bonchev–Trinajstić information content (AvgIpc) is 2.51. The van der Waals surface area contributed by atoms with Gasteiger partial charge in [0, 0.05) is 23.8 Å². The Morgan fingerprint density at radius 3 is 1.71 bits per heavy atom. The number of hydrogen-bond donors (Lipinski definition) is 0. The molecule has 28 heavy (non-hydrogen) atoms. The Labute approximate surface area is 152 Å². The zero-order valence-corrected chi connectivity index (χ0v) is 13.6. The first-order valence-electron chi connectivity index (χ1n) is 7.28. The number of halogens is 9. The molecular weight excluding hydrogens is 403 g/mol. The second-order valence-electron chi connectivity index (χ2n) is 5.36. The molecule has 2 aromatic carbocycles. The summed E-state index contributed by atoms with van der Waals surface area (Å²) in [5.41, 5.74) is -3.13. The fourth-order valence-electron chi connectivity index (χ4n) is 2.14. The van der Waals surface area contributed by atoms with Gasteiger partial charge in [-0.2, -0.15) is 22.0 Å². The van der Waals surface area contributed by atoms with Crippen molar-refractivity contribution in [2.45, 2.75) is 12.3 Å². The summed E-state index contributed by atoms with van der Waals surface area (Å²) in [5, 5.41) is 0. The summed E-state index contributed by atoms with van der Waals surface area (Å²) in [7, 11) is 0. The fourth-order valence-corrected chi connectivity index (χ4v) is 2.14. The van der Waals surface area contributed by atoms with Crippen molar-refractivity contribution in [1.82, 2.24) is 0 Å². The molecule has 1 nitrogen and oxygen atoms in total. The number of hydrogen-bond acceptors (Lipinski definition) is 1. The molecule has 0 aliphatic heterocycles. The lowest BCUT2D eigenvalue weighted by atomic mass is 10.1. The van der Waals surface area contributed by atoms with Crippen molar-refractivity contribution >= 4 is 12.2 Å². The first-order chi connectivity index (χ1) is 12.8. The monoisotopic (exact) mass is 412 g/mol. The van der Waals surface area contributed by atoms with E-state index in [1.54, 1.807) is 0 Å². The molecule has 0 radical (unpaired) electrons. The van der Waals surface area contributed by atoms with E-state index in [1.807, 2.05) is 0 Å². The largest absolute Gasteiger partial charge is 0.432 e. The lowest BCUT2D eigenvalue weighted by molar-refractivity contribution is -0.189. The summed E-state index contributed by atoms with van der Waals surface area (Å²) in [6, 6.07) is 1.38. The van der Waals surface area contributed by atoms with Gasteiger partial charge in [-0.15, -0.1) is 0 Å². The van der Waals surface area contributed by atoms with Gasteiger partial charge in [-0.3, -0.25) is 0 Å². The molecule has 0 fully saturated rings. The van der Waals surface area contributed by atoms with Crippen molar-refractivity contribution in [2.75, 3.05) is 0 Å². The van der Waals surface area contributed by atoms with Crippen molar-refractivity contribution in [1.29, 1.82) is 0 Å². The number of alkyl halides is 5. The van der Waals surface area contributed by atoms with Crippen LogP contribution in [-0.2, 0) is 6.11 Å². The van der Waals surface area contributed by atoms with E-state index < -0.39 is 58.5 Å². The van der Waals surface area contributed by atoms with Crippen molar-refractivity contribution in [2.24, 2.45) is 0 Å². The average molecular weight is 412 g/mol. The molecule has 150 valence electrons. The first kappa shape index (κ1) is 21.4. The zero-order chi connectivity index (χ0) is 21.3. The van der Waals surface area contributed by atoms with Crippen LogP contribution in [0.2, 0.25) is 0 Å². The van der Waals surface area contributed by atoms with Gasteiger partial charge in [0.05, 0.1) is 0 Å². The smallest absolute Gasteiger partial charge is 0.429 e. The van der Waals surface area contributed by atoms with E-state index in [0.29, 0.717) is 12.1 Å². The van der Waals surface area contributed by atoms with Crippen LogP contribution < -0.4 is 4.74 Å². The van der Waals surface area contributed by atoms with Gasteiger partial charge in [-0.1, -0.05) is 12.7 Å². The predicted octanol–water partition coefficient (Wildman–Crippen LogP) is 6.59. The van der Waals surface area contributed by atoms with E-state index in [1.165, 1.54) is 0 Å². The van der Waals surface area contributed by atoms with Crippen LogP contribution in [0, 0.1) is 23.3 Å². The highest BCUT2D eigenvalue weighted by molar-refractivity contribution is 5.53. The van der Waals surface area contributed by atoms with Gasteiger partial charge in [0.2, 0.25) is 0 Å². The molecule has 0 saturated heterocycles. The molecule has 0 aliphatic rings. The molecule has 0 amide bonds. The van der Waals surface area contributed by atoms with Gasteiger partial charge < -0.3 is 4.74 Å². The summed E-state index contributed by atoms with van der Waals surface area (Å²) >= 11 is 0. The van der Waals surface area contributed by atoms with Gasteiger partial charge in [0.25, 0.3) is 0 Å². The molecule has 2 rings (SSSR count). The number of allylic oxidation sites excluding steroid dienone is 1. The van der Waals surface area contributed by atoms with Gasteiger partial charge in [-0.05, 0) is 23.8 Å². The third-order valence-corrected chi connectivity index (χ3v) is 3.33. The third kappa shape index (κ3) is 4.87. The van der Waals surface area contributed by atoms with E-state index >= 15 is 0 Å². The van der Waals surface area contributed by atoms with Crippen molar-refractivity contribution < 1.29 is 44.3 Å². The maximum Gasteiger partial charge on any atom is 0.432 e. The Bertz CT molecular complexity index is 883. The van der Waals surface area contributed by atoms with Gasteiger partial charge >= 0.3 is 12.3 Å². The van der Waals surface area contributed by atoms with Crippen LogP contribution in [0.25, 0.3) is 12.2 Å². The standard InChI is InChI=1S/C18H9F9O/c1-2-9-5-14(21)16(15(22)6-9)18(26,27)28-10-7-12(19)11(13(20)8-10)3-4-17(23,24)25/h2-8H,1H2/b4-3+. The minimum absolute atomic E-state index is 0.0555. The predicted molar refractivity (Wildman–Crippen MR) is 82.4 cm³/mol. The summed E-state index contributed by atoms with van der Waals surface area (Å²) in [5.74, 6) is -7.92. The molecule has 0 N–H and O–H groups in total. The van der Waals surface area contributed by atoms with Crippen LogP contribution in [0.15, 0.2) is 36.9 Å². The Morgan fingerprint density at radius 1 is 0.786 bits per heavy atom. The normalized spacial score (nSPS) is 12.5. The van der Waals surface area contributed by atoms with Crippen molar-refractivity contribution in [3.05, 3.63) is 76.9 Å². The Hall–Kier alpha value is -2.91. The molecule has 0 atom stereocenters. The number of benzene rings is 2. The van der Waals surface area contributed by atoms with Gasteiger partial charge in [0.1, 0.15) is 34.6 Å². The van der Waals surface area contributed by atoms with E-state index in [4.69, 9.17) is 0 Å². The second-order valence-corrected chi connectivity index (χ2v) is 5.36. The van der Waals surface area contributed by atoms with Crippen LogP contribution in [-0.4, -0.2) is 6.18 Å². The van der Waals surface area contributed by atoms with E-state index in [2.05, 4.69) is 11.3 Å². The highest BCUT2D eigenvalue weighted by atomic mass is 19.4. The zero-order valence-electron chi connectivity index (χ0n) is 13.6. The fraction of sp³-hybridized carbons (Fsp3) is 0.111. The highest BCUT2D eigenvalue weighted by Crippen LogP contribution is 2.36. The van der Waals surface area contributed by atoms with Crippen LogP contribution in [0.3, 0.4) is 0 Å². The van der Waals surface area contributed by atoms with Crippen LogP contribution in [0.4, 0.5) is 39.5 Å². The number of ether oxygens (including phenoxy) is 1. The van der Waals surface area contributed by atoms with Crippen LogP contribution in [0.1, 0.15) is 16.7 Å². The summed E-state index contributed by atoms with van der Waals surface area (Å²) in [6.07, 6.45) is -8.97. The molecule has 0 saturated carbocycles. The number of rotatable bonds is 5. The SMILES string of the molecule is C=Cc1cc(F)c(C(F)(F)Oc2cc(F)c(/C=C/C(F)(F)F)c(F)c2)c(F)c1. The molecular formula is C18H9F9O. The highest BCUT2D eigenvalue weighted by Gasteiger charge is 2.41. The molecule has 0 aromatic heterocycles. The Morgan fingerprint density at radius 2 is 1.29 bits per heavy atom. The lowest BCUT2D eigenvalue weighted by Crippen LogP contribution is -2.25. The summed E-state index contributed by atoms with van der Waals surface area (Å²) < 4.78 is 124. The quantitative estimate of drug-likeness (QED) is 0.504. The minimum Gasteiger partial charge on any atom is -0.429 e. The summed E-state index contributed by atoms with van der Waals surface area (Å²) in [4.78, 5) is 0. The van der Waals surface area contributed by atoms with Crippen molar-refractivity contribution in [3.8, 4) is 5.75 Å². The van der Waals surface area contributed by atoms with Crippen LogP contribution >= 0.6 is 0 Å². The second kappa shape index (κ2) is 7.61. The Balaban J connectivity index is 2.40. The molecule has 0 unspecified atom stereocenters. The minimum atomic E-state index is -4.87. The Kier molecular flexibility index (Phi) is 5.81. The topological polar surface area (TPSA) is 9.23 Å². The van der Waals surface area contributed by atoms with E-state index in [9.17, 15) is 39.5 Å². The van der Waals surface area contributed by atoms with Crippen molar-refractivity contribution in [3.63, 3.8) is 0 Å². The third-order valence-electron chi connectivity index (χ3n) is 3.33. The first-order valence-corrected chi connectivity index (χ1v) is 7.28. The molecule has 10 heteroatoms. The van der Waals surface area contributed by atoms with E-state index in [-0.39, 0.29) is 23.8 Å². The molecule has 2 aromatic rings. The summed E-state index contributed by atoms with van der Waals surface area (Å²) in [6.45, 7) is 3.22. The van der Waals surface area contributed by atoms with E-state index in [0.717, 1.165) is 6.08 Å². The van der Waals surface area contributed by atoms with Gasteiger partial charge in [-0.25, -0.2) is 17.6 Å². The van der Waals surface area contributed by atoms with Gasteiger partial charge in [0.15, 0.2) is 0 Å². The molecule has 0 spiro atoms. The van der Waals surface area contributed by atoms with Crippen LogP contribution in [0.5, 0.6) is 5.75 Å². The molecule has 0 heterocycles. The maximum atomic E-state index is 14.1. The molecule has 0 aliphatic carbocycles. The molecule has 0 bridgehead atoms. The lowest BCUT2D eigenvalue weighted by Gasteiger charge is -2.20. The maximum absolute atomic E-state index is 14.1.